The molecule has 0 N–H and O–H groups in total. The standard InChI is InChI=1S/C16H18FN5O3/c1-12-18-15(22(24)25)10-21(12)11-16(23)20-8-6-19(7-9-20)14-4-2-13(17)3-5-14/h2-5,10H,6-9,11H2,1H3. The molecule has 1 fully saturated rings. The van der Waals surface area contributed by atoms with E-state index in [0.717, 1.165) is 5.69 Å². The number of carbonyl (C=O) groups is 1. The predicted molar refractivity (Wildman–Crippen MR) is 88.8 cm³/mol. The van der Waals surface area contributed by atoms with Crippen molar-refractivity contribution in [3.8, 4) is 0 Å². The summed E-state index contributed by atoms with van der Waals surface area (Å²) in [6.45, 7) is 4.06. The number of aryl methyl sites for hydroxylation is 1. The summed E-state index contributed by atoms with van der Waals surface area (Å²) < 4.78 is 14.5. The molecule has 8 nitrogen and oxygen atoms in total. The molecular formula is C16H18FN5O3. The van der Waals surface area contributed by atoms with E-state index >= 15 is 0 Å². The van der Waals surface area contributed by atoms with Gasteiger partial charge in [-0.1, -0.05) is 0 Å². The van der Waals surface area contributed by atoms with E-state index in [1.165, 1.54) is 22.9 Å². The molecule has 0 bridgehead atoms. The summed E-state index contributed by atoms with van der Waals surface area (Å²) in [6, 6.07) is 6.28. The van der Waals surface area contributed by atoms with Gasteiger partial charge in [0.1, 0.15) is 18.6 Å². The Morgan fingerprint density at radius 2 is 1.88 bits per heavy atom. The fraction of sp³-hybridized carbons (Fsp3) is 0.375. The van der Waals surface area contributed by atoms with Crippen molar-refractivity contribution >= 4 is 17.4 Å². The summed E-state index contributed by atoms with van der Waals surface area (Å²) in [7, 11) is 0. The Morgan fingerprint density at radius 1 is 1.24 bits per heavy atom. The van der Waals surface area contributed by atoms with Gasteiger partial charge in [0, 0.05) is 38.8 Å². The summed E-state index contributed by atoms with van der Waals surface area (Å²) in [5, 5.41) is 10.8. The molecule has 9 heteroatoms. The molecule has 2 heterocycles. The number of anilines is 1. The van der Waals surface area contributed by atoms with Crippen molar-refractivity contribution < 1.29 is 14.1 Å². The Bertz CT molecular complexity index is 782. The minimum atomic E-state index is -0.574. The predicted octanol–water partition coefficient (Wildman–Crippen LogP) is 1.59. The molecule has 0 spiro atoms. The van der Waals surface area contributed by atoms with E-state index in [0.29, 0.717) is 32.0 Å². The number of amides is 1. The van der Waals surface area contributed by atoms with Crippen molar-refractivity contribution in [2.24, 2.45) is 0 Å². The van der Waals surface area contributed by atoms with Crippen LogP contribution >= 0.6 is 0 Å². The summed E-state index contributed by atoms with van der Waals surface area (Å²) in [5.41, 5.74) is 0.926. The zero-order valence-corrected chi connectivity index (χ0v) is 13.8. The van der Waals surface area contributed by atoms with Crippen LogP contribution in [0.1, 0.15) is 5.82 Å². The minimum Gasteiger partial charge on any atom is -0.368 e. The molecular weight excluding hydrogens is 329 g/mol. The molecule has 1 aromatic heterocycles. The van der Waals surface area contributed by atoms with Crippen LogP contribution < -0.4 is 4.90 Å². The molecule has 1 aliphatic heterocycles. The van der Waals surface area contributed by atoms with E-state index < -0.39 is 4.92 Å². The van der Waals surface area contributed by atoms with Gasteiger partial charge in [-0.2, -0.15) is 0 Å². The second-order valence-corrected chi connectivity index (χ2v) is 5.88. The first-order valence-electron chi connectivity index (χ1n) is 7.90. The molecule has 1 saturated heterocycles. The second kappa shape index (κ2) is 6.88. The van der Waals surface area contributed by atoms with Gasteiger partial charge in [-0.15, -0.1) is 0 Å². The third-order valence-electron chi connectivity index (χ3n) is 4.28. The number of rotatable bonds is 4. The molecule has 0 aliphatic carbocycles. The van der Waals surface area contributed by atoms with Crippen LogP contribution in [0.15, 0.2) is 30.5 Å². The average Bonchev–Trinajstić information content (AvgIpc) is 2.97. The Kier molecular flexibility index (Phi) is 4.64. The lowest BCUT2D eigenvalue weighted by Gasteiger charge is -2.36. The minimum absolute atomic E-state index is 0.0310. The number of piperazine rings is 1. The Hall–Kier alpha value is -2.97. The van der Waals surface area contributed by atoms with Crippen LogP contribution in [0.2, 0.25) is 0 Å². The normalized spacial score (nSPS) is 14.6. The number of nitro groups is 1. The largest absolute Gasteiger partial charge is 0.381 e. The molecule has 1 amide bonds. The number of hydrogen-bond donors (Lipinski definition) is 0. The van der Waals surface area contributed by atoms with Crippen LogP contribution in [-0.2, 0) is 11.3 Å². The van der Waals surface area contributed by atoms with Crippen molar-refractivity contribution in [2.45, 2.75) is 13.5 Å². The van der Waals surface area contributed by atoms with Gasteiger partial charge >= 0.3 is 5.82 Å². The Balaban J connectivity index is 1.58. The lowest BCUT2D eigenvalue weighted by Crippen LogP contribution is -2.49. The van der Waals surface area contributed by atoms with Gasteiger partial charge in [0.2, 0.25) is 11.7 Å². The van der Waals surface area contributed by atoms with Crippen molar-refractivity contribution in [1.82, 2.24) is 14.5 Å². The Labute approximate surface area is 143 Å². The second-order valence-electron chi connectivity index (χ2n) is 5.88. The smallest absolute Gasteiger partial charge is 0.368 e. The summed E-state index contributed by atoms with van der Waals surface area (Å²) in [6.07, 6.45) is 1.28. The number of hydrogen-bond acceptors (Lipinski definition) is 5. The van der Waals surface area contributed by atoms with E-state index in [1.807, 2.05) is 0 Å². The third kappa shape index (κ3) is 3.76. The molecule has 1 aromatic carbocycles. The highest BCUT2D eigenvalue weighted by Crippen LogP contribution is 2.17. The van der Waals surface area contributed by atoms with E-state index in [-0.39, 0.29) is 24.1 Å². The SMILES string of the molecule is Cc1nc([N+](=O)[O-])cn1CC(=O)N1CCN(c2ccc(F)cc2)CC1. The number of aromatic nitrogens is 2. The van der Waals surface area contributed by atoms with Crippen LogP contribution in [0.25, 0.3) is 0 Å². The molecule has 0 unspecified atom stereocenters. The summed E-state index contributed by atoms with van der Waals surface area (Å²) >= 11 is 0. The van der Waals surface area contributed by atoms with Gasteiger partial charge in [-0.3, -0.25) is 9.36 Å². The van der Waals surface area contributed by atoms with Gasteiger partial charge in [0.15, 0.2) is 0 Å². The maximum atomic E-state index is 13.0. The van der Waals surface area contributed by atoms with Gasteiger partial charge < -0.3 is 19.9 Å². The monoisotopic (exact) mass is 347 g/mol. The van der Waals surface area contributed by atoms with Crippen LogP contribution in [0.3, 0.4) is 0 Å². The fourth-order valence-corrected chi connectivity index (χ4v) is 2.85. The fourth-order valence-electron chi connectivity index (χ4n) is 2.85. The van der Waals surface area contributed by atoms with Crippen molar-refractivity contribution in [1.29, 1.82) is 0 Å². The molecule has 2 aromatic rings. The molecule has 0 atom stereocenters. The molecule has 0 radical (unpaired) electrons. The molecule has 25 heavy (non-hydrogen) atoms. The van der Waals surface area contributed by atoms with Crippen molar-refractivity contribution in [3.05, 3.63) is 52.2 Å². The zero-order chi connectivity index (χ0) is 18.0. The van der Waals surface area contributed by atoms with Crippen molar-refractivity contribution in [2.75, 3.05) is 31.1 Å². The number of benzene rings is 1. The highest BCUT2D eigenvalue weighted by Gasteiger charge is 2.23. The lowest BCUT2D eigenvalue weighted by molar-refractivity contribution is -0.389. The average molecular weight is 347 g/mol. The van der Waals surface area contributed by atoms with E-state index in [4.69, 9.17) is 0 Å². The lowest BCUT2D eigenvalue weighted by atomic mass is 10.2. The van der Waals surface area contributed by atoms with Crippen LogP contribution in [0.4, 0.5) is 15.9 Å². The number of halogens is 1. The molecule has 132 valence electrons. The quantitative estimate of drug-likeness (QED) is 0.619. The first kappa shape index (κ1) is 16.9. The maximum Gasteiger partial charge on any atom is 0.381 e. The van der Waals surface area contributed by atoms with Crippen LogP contribution in [0, 0.1) is 22.9 Å². The first-order valence-corrected chi connectivity index (χ1v) is 7.90. The van der Waals surface area contributed by atoms with Gasteiger partial charge in [0.05, 0.1) is 0 Å². The van der Waals surface area contributed by atoms with E-state index in [2.05, 4.69) is 9.88 Å². The zero-order valence-electron chi connectivity index (χ0n) is 13.8. The molecule has 3 rings (SSSR count). The molecule has 0 saturated carbocycles. The van der Waals surface area contributed by atoms with Gasteiger partial charge in [-0.05, 0) is 34.2 Å². The van der Waals surface area contributed by atoms with Crippen LogP contribution in [0.5, 0.6) is 0 Å². The highest BCUT2D eigenvalue weighted by atomic mass is 19.1. The Morgan fingerprint density at radius 3 is 2.44 bits per heavy atom. The summed E-state index contributed by atoms with van der Waals surface area (Å²) in [5.74, 6) is -0.201. The highest BCUT2D eigenvalue weighted by molar-refractivity contribution is 5.76. The van der Waals surface area contributed by atoms with E-state index in [1.54, 1.807) is 24.0 Å². The molecule has 1 aliphatic rings. The number of imidazole rings is 1. The number of carbonyl (C=O) groups excluding carboxylic acids is 1. The first-order chi connectivity index (χ1) is 11.9. The van der Waals surface area contributed by atoms with E-state index in [9.17, 15) is 19.3 Å². The maximum absolute atomic E-state index is 13.0. The number of nitrogens with zero attached hydrogens (tertiary/aromatic N) is 5. The topological polar surface area (TPSA) is 84.5 Å². The van der Waals surface area contributed by atoms with Gasteiger partial charge in [0.25, 0.3) is 0 Å². The van der Waals surface area contributed by atoms with Gasteiger partial charge in [-0.25, -0.2) is 4.39 Å². The third-order valence-corrected chi connectivity index (χ3v) is 4.28. The summed E-state index contributed by atoms with van der Waals surface area (Å²) in [4.78, 5) is 30.2. The van der Waals surface area contributed by atoms with Crippen LogP contribution in [-0.4, -0.2) is 51.5 Å². The van der Waals surface area contributed by atoms with Crippen molar-refractivity contribution in [3.63, 3.8) is 0 Å².